The molecule has 0 spiro atoms. The van der Waals surface area contributed by atoms with Crippen molar-refractivity contribution in [3.63, 3.8) is 0 Å². The predicted molar refractivity (Wildman–Crippen MR) is 82.5 cm³/mol. The third-order valence-corrected chi connectivity index (χ3v) is 3.77. The molecule has 1 saturated heterocycles. The van der Waals surface area contributed by atoms with Crippen molar-refractivity contribution >= 4 is 17.0 Å². The number of ether oxygens (including phenoxy) is 1. The van der Waals surface area contributed by atoms with E-state index in [-0.39, 0.29) is 12.1 Å². The van der Waals surface area contributed by atoms with Crippen molar-refractivity contribution in [1.82, 2.24) is 15.2 Å². The second-order valence-electron chi connectivity index (χ2n) is 5.51. The molecule has 1 atom stereocenters. The summed E-state index contributed by atoms with van der Waals surface area (Å²) in [7, 11) is 1.61. The van der Waals surface area contributed by atoms with E-state index in [4.69, 9.17) is 8.85 Å². The Balaban J connectivity index is 1.72. The lowest BCUT2D eigenvalue weighted by atomic mass is 10.0. The number of aromatic amines is 1. The zero-order valence-corrected chi connectivity index (χ0v) is 12.0. The number of rotatable bonds is 5. The summed E-state index contributed by atoms with van der Waals surface area (Å²) >= 11 is 0. The summed E-state index contributed by atoms with van der Waals surface area (Å²) < 4.78 is 27.1. The van der Waals surface area contributed by atoms with Gasteiger partial charge in [-0.1, -0.05) is 6.07 Å². The molecule has 0 bridgehead atoms. The number of cyclic esters (lactones) is 1. The number of H-pyrrole nitrogens is 1. The number of alkyl carbamates (subject to hydrolysis) is 1. The molecule has 0 saturated carbocycles. The van der Waals surface area contributed by atoms with Crippen LogP contribution in [0.5, 0.6) is 0 Å². The summed E-state index contributed by atoms with van der Waals surface area (Å²) in [6.45, 7) is -1.22. The molecule has 0 aliphatic carbocycles. The first kappa shape index (κ1) is 10.7. The van der Waals surface area contributed by atoms with Gasteiger partial charge in [-0.3, -0.25) is 0 Å². The van der Waals surface area contributed by atoms with Crippen LogP contribution in [-0.4, -0.2) is 49.2 Å². The largest absolute Gasteiger partial charge is 0.447 e. The molecule has 1 aliphatic heterocycles. The van der Waals surface area contributed by atoms with Crippen LogP contribution in [-0.2, 0) is 17.6 Å². The fourth-order valence-corrected chi connectivity index (χ4v) is 2.67. The molecule has 0 radical (unpaired) electrons. The first-order valence-corrected chi connectivity index (χ1v) is 7.06. The van der Waals surface area contributed by atoms with E-state index >= 15 is 0 Å². The lowest BCUT2D eigenvalue weighted by Gasteiger charge is -2.09. The number of likely N-dealkylation sites (N-methyl/N-ethyl adjacent to an activating group) is 1. The molecule has 5 heteroatoms. The Morgan fingerprint density at radius 2 is 2.43 bits per heavy atom. The Kier molecular flexibility index (Phi) is 2.94. The summed E-state index contributed by atoms with van der Waals surface area (Å²) in [5.74, 6) is 0. The highest BCUT2D eigenvalue weighted by Gasteiger charge is 2.22. The van der Waals surface area contributed by atoms with Crippen LogP contribution >= 0.6 is 0 Å². The molecule has 3 rings (SSSR count). The Labute approximate surface area is 128 Å². The Hall–Kier alpha value is -2.01. The maximum absolute atomic E-state index is 11.1. The lowest BCUT2D eigenvalue weighted by Crippen LogP contribution is -2.28. The summed E-state index contributed by atoms with van der Waals surface area (Å²) in [6, 6.07) is 6.14. The van der Waals surface area contributed by atoms with Crippen LogP contribution in [0.1, 0.15) is 15.2 Å². The maximum atomic E-state index is 11.1. The molecule has 112 valence electrons. The number of hydrogen-bond donors (Lipinski definition) is 2. The normalized spacial score (nSPS) is 21.0. The standard InChI is InChI=1S/C16H21N3O2/c1-19(2)6-5-12-9-17-15-4-3-11(8-14(12)15)7-13-10-21-16(20)18-13/h3-4,8-9,13,17H,5-7,10H2,1-2H3,(H,18,20)/t13-/m0/s1/i1D3. The third kappa shape index (κ3) is 3.19. The molecular formula is C16H21N3O2. The van der Waals surface area contributed by atoms with Crippen molar-refractivity contribution in [3.8, 4) is 0 Å². The second-order valence-corrected chi connectivity index (χ2v) is 5.51. The van der Waals surface area contributed by atoms with Crippen molar-refractivity contribution in [3.05, 3.63) is 35.5 Å². The molecule has 2 aromatic rings. The molecular weight excluding hydrogens is 266 g/mol. The zero-order chi connectivity index (χ0) is 17.3. The van der Waals surface area contributed by atoms with Gasteiger partial charge in [-0.05, 0) is 50.1 Å². The van der Waals surface area contributed by atoms with Gasteiger partial charge in [0, 0.05) is 27.8 Å². The number of benzene rings is 1. The fourth-order valence-electron chi connectivity index (χ4n) is 2.67. The van der Waals surface area contributed by atoms with Gasteiger partial charge in [0.1, 0.15) is 6.61 Å². The van der Waals surface area contributed by atoms with Crippen LogP contribution in [0.2, 0.25) is 0 Å². The molecule has 1 fully saturated rings. The smallest absolute Gasteiger partial charge is 0.407 e. The van der Waals surface area contributed by atoms with E-state index in [1.165, 1.54) is 4.90 Å². The summed E-state index contributed by atoms with van der Waals surface area (Å²) in [4.78, 5) is 15.7. The molecule has 2 N–H and O–H groups in total. The van der Waals surface area contributed by atoms with E-state index in [0.29, 0.717) is 26.0 Å². The summed E-state index contributed by atoms with van der Waals surface area (Å²) in [6.07, 6.45) is 2.93. The summed E-state index contributed by atoms with van der Waals surface area (Å²) in [5.41, 5.74) is 3.23. The average Bonchev–Trinajstić information content (AvgIpc) is 3.10. The van der Waals surface area contributed by atoms with Crippen LogP contribution in [0.15, 0.2) is 24.4 Å². The number of carbonyl (C=O) groups excluding carboxylic acids is 1. The quantitative estimate of drug-likeness (QED) is 0.884. The van der Waals surface area contributed by atoms with Crippen molar-refractivity contribution < 1.29 is 13.6 Å². The number of nitrogens with one attached hydrogen (secondary N) is 2. The van der Waals surface area contributed by atoms with Crippen molar-refractivity contribution in [2.75, 3.05) is 27.2 Å². The van der Waals surface area contributed by atoms with Crippen LogP contribution in [0.4, 0.5) is 4.79 Å². The van der Waals surface area contributed by atoms with Gasteiger partial charge in [0.2, 0.25) is 0 Å². The zero-order valence-electron chi connectivity index (χ0n) is 15.0. The third-order valence-electron chi connectivity index (χ3n) is 3.77. The number of amides is 1. The van der Waals surface area contributed by atoms with Gasteiger partial charge in [0.25, 0.3) is 0 Å². The van der Waals surface area contributed by atoms with Gasteiger partial charge < -0.3 is 19.9 Å². The van der Waals surface area contributed by atoms with Gasteiger partial charge in [-0.2, -0.15) is 0 Å². The predicted octanol–water partition coefficient (Wildman–Crippen LogP) is 1.92. The number of hydrogen-bond acceptors (Lipinski definition) is 3. The molecule has 1 aliphatic rings. The molecule has 1 aromatic carbocycles. The van der Waals surface area contributed by atoms with Crippen LogP contribution in [0.3, 0.4) is 0 Å². The van der Waals surface area contributed by atoms with Crippen molar-refractivity contribution in [2.24, 2.45) is 0 Å². The highest BCUT2D eigenvalue weighted by atomic mass is 16.6. The first-order chi connectivity index (χ1) is 11.3. The number of nitrogens with zero attached hydrogens (tertiary/aromatic N) is 1. The average molecular weight is 290 g/mol. The molecule has 1 aromatic heterocycles. The number of fused-ring (bicyclic) bond motifs is 1. The minimum absolute atomic E-state index is 0.000893. The molecule has 0 unspecified atom stereocenters. The molecule has 1 amide bonds. The van der Waals surface area contributed by atoms with Crippen LogP contribution in [0.25, 0.3) is 10.9 Å². The van der Waals surface area contributed by atoms with E-state index in [9.17, 15) is 4.79 Å². The minimum atomic E-state index is -2.07. The van der Waals surface area contributed by atoms with Gasteiger partial charge in [-0.15, -0.1) is 0 Å². The summed E-state index contributed by atoms with van der Waals surface area (Å²) in [5, 5.41) is 3.87. The van der Waals surface area contributed by atoms with Gasteiger partial charge in [0.15, 0.2) is 0 Å². The highest BCUT2D eigenvalue weighted by molar-refractivity contribution is 5.84. The van der Waals surface area contributed by atoms with E-state index < -0.39 is 6.98 Å². The van der Waals surface area contributed by atoms with E-state index in [1.807, 2.05) is 18.3 Å². The SMILES string of the molecule is [2H]C([2H])([2H])N(C)CCc1c[nH]c2ccc(C[C@H]3COC(=O)N3)cc12. The second kappa shape index (κ2) is 5.77. The Morgan fingerprint density at radius 3 is 3.19 bits per heavy atom. The maximum Gasteiger partial charge on any atom is 0.407 e. The van der Waals surface area contributed by atoms with E-state index in [2.05, 4.69) is 16.4 Å². The van der Waals surface area contributed by atoms with Gasteiger partial charge >= 0.3 is 6.09 Å². The number of aromatic nitrogens is 1. The lowest BCUT2D eigenvalue weighted by molar-refractivity contribution is 0.177. The van der Waals surface area contributed by atoms with E-state index in [1.54, 1.807) is 7.05 Å². The van der Waals surface area contributed by atoms with Crippen LogP contribution < -0.4 is 5.32 Å². The molecule has 21 heavy (non-hydrogen) atoms. The Bertz CT molecular complexity index is 742. The van der Waals surface area contributed by atoms with Crippen LogP contribution in [0, 0.1) is 0 Å². The topological polar surface area (TPSA) is 57.4 Å². The minimum Gasteiger partial charge on any atom is -0.447 e. The Morgan fingerprint density at radius 1 is 1.52 bits per heavy atom. The van der Waals surface area contributed by atoms with Crippen molar-refractivity contribution in [2.45, 2.75) is 18.9 Å². The van der Waals surface area contributed by atoms with Crippen molar-refractivity contribution in [1.29, 1.82) is 0 Å². The van der Waals surface area contributed by atoms with E-state index in [0.717, 1.165) is 22.0 Å². The molecule has 5 nitrogen and oxygen atoms in total. The monoisotopic (exact) mass is 290 g/mol. The first-order valence-electron chi connectivity index (χ1n) is 8.56. The van der Waals surface area contributed by atoms with Gasteiger partial charge in [0.05, 0.1) is 6.04 Å². The fraction of sp³-hybridized carbons (Fsp3) is 0.438. The van der Waals surface area contributed by atoms with Gasteiger partial charge in [-0.25, -0.2) is 4.79 Å². The number of carbonyl (C=O) groups is 1. The molecule has 2 heterocycles. The highest BCUT2D eigenvalue weighted by Crippen LogP contribution is 2.21.